The molecule has 1 atom stereocenters. The van der Waals surface area contributed by atoms with Crippen LogP contribution < -0.4 is 0 Å². The first-order valence-corrected chi connectivity index (χ1v) is 4.64. The Balaban J connectivity index is 0.000000845. The Morgan fingerprint density at radius 3 is 2.31 bits per heavy atom. The molecular weight excluding hydrogens is 188 g/mol. The number of nitrogens with zero attached hydrogens (tertiary/aromatic N) is 2. The topological polar surface area (TPSA) is 23.6 Å². The summed E-state index contributed by atoms with van der Waals surface area (Å²) in [5.41, 5.74) is -0.102. The first-order valence-electron chi connectivity index (χ1n) is 4.64. The zero-order valence-electron chi connectivity index (χ0n) is 8.25. The van der Waals surface area contributed by atoms with Crippen molar-refractivity contribution < 1.29 is 4.79 Å². The van der Waals surface area contributed by atoms with Crippen molar-refractivity contribution in [3.05, 3.63) is 0 Å². The number of carbonyl (C=O) groups excluding carboxylic acids is 1. The van der Waals surface area contributed by atoms with Gasteiger partial charge in [0, 0.05) is 13.6 Å². The summed E-state index contributed by atoms with van der Waals surface area (Å²) >= 11 is 0. The van der Waals surface area contributed by atoms with Gasteiger partial charge >= 0.3 is 0 Å². The summed E-state index contributed by atoms with van der Waals surface area (Å²) in [5, 5.41) is 0. The number of carbonyl (C=O) groups is 1. The Kier molecular flexibility index (Phi) is 2.88. The average molecular weight is 205 g/mol. The van der Waals surface area contributed by atoms with Crippen LogP contribution in [0.3, 0.4) is 0 Å². The highest BCUT2D eigenvalue weighted by molar-refractivity contribution is 5.88. The monoisotopic (exact) mass is 204 g/mol. The van der Waals surface area contributed by atoms with E-state index in [9.17, 15) is 4.79 Å². The molecule has 0 N–H and O–H groups in total. The molecule has 1 amide bonds. The second kappa shape index (κ2) is 3.46. The van der Waals surface area contributed by atoms with Gasteiger partial charge in [-0.1, -0.05) is 0 Å². The third-order valence-corrected chi connectivity index (χ3v) is 3.42. The summed E-state index contributed by atoms with van der Waals surface area (Å²) in [5.74, 6) is 0.336. The molecule has 2 saturated heterocycles. The third kappa shape index (κ3) is 1.34. The van der Waals surface area contributed by atoms with Crippen molar-refractivity contribution in [2.75, 3.05) is 27.2 Å². The van der Waals surface area contributed by atoms with Crippen LogP contribution in [0.4, 0.5) is 0 Å². The van der Waals surface area contributed by atoms with Gasteiger partial charge in [0.2, 0.25) is 5.91 Å². The number of hydrogen-bond donors (Lipinski definition) is 0. The van der Waals surface area contributed by atoms with E-state index in [0.29, 0.717) is 5.91 Å². The lowest BCUT2D eigenvalue weighted by Crippen LogP contribution is -2.47. The van der Waals surface area contributed by atoms with Crippen molar-refractivity contribution in [2.24, 2.45) is 0 Å². The minimum absolute atomic E-state index is 0. The molecular formula is C9H17ClN2O. The van der Waals surface area contributed by atoms with Crippen molar-refractivity contribution in [2.45, 2.75) is 24.8 Å². The van der Waals surface area contributed by atoms with E-state index in [-0.39, 0.29) is 17.9 Å². The van der Waals surface area contributed by atoms with Gasteiger partial charge in [-0.15, -0.1) is 12.4 Å². The van der Waals surface area contributed by atoms with Crippen molar-refractivity contribution in [3.8, 4) is 0 Å². The number of amides is 1. The Bertz CT molecular complexity index is 222. The molecule has 0 bridgehead atoms. The highest BCUT2D eigenvalue weighted by Crippen LogP contribution is 2.36. The minimum Gasteiger partial charge on any atom is -0.344 e. The van der Waals surface area contributed by atoms with Gasteiger partial charge in [-0.3, -0.25) is 9.69 Å². The van der Waals surface area contributed by atoms with Gasteiger partial charge in [-0.2, -0.15) is 0 Å². The van der Waals surface area contributed by atoms with Crippen LogP contribution in [0.15, 0.2) is 0 Å². The van der Waals surface area contributed by atoms with Crippen molar-refractivity contribution in [1.29, 1.82) is 0 Å². The molecule has 13 heavy (non-hydrogen) atoms. The van der Waals surface area contributed by atoms with E-state index < -0.39 is 0 Å². The molecule has 2 rings (SSSR count). The Hall–Kier alpha value is -0.280. The van der Waals surface area contributed by atoms with Gasteiger partial charge in [0.25, 0.3) is 0 Å². The van der Waals surface area contributed by atoms with Gasteiger partial charge < -0.3 is 4.90 Å². The lowest BCUT2D eigenvalue weighted by Gasteiger charge is -2.29. The van der Waals surface area contributed by atoms with Crippen LogP contribution in [-0.2, 0) is 4.79 Å². The lowest BCUT2D eigenvalue weighted by atomic mass is 9.95. The average Bonchev–Trinajstić information content (AvgIpc) is 2.54. The number of hydrogen-bond acceptors (Lipinski definition) is 2. The van der Waals surface area contributed by atoms with E-state index in [0.717, 1.165) is 25.9 Å². The highest BCUT2D eigenvalue weighted by atomic mass is 35.5. The first kappa shape index (κ1) is 10.8. The number of halogens is 1. The molecule has 2 aliphatic heterocycles. The molecule has 2 aliphatic rings. The number of likely N-dealkylation sites (N-methyl/N-ethyl adjacent to an activating group) is 2. The van der Waals surface area contributed by atoms with E-state index in [2.05, 4.69) is 11.9 Å². The SMILES string of the molecule is CN1CCC2(CCCN2C)C1=O.Cl. The Labute approximate surface area is 85.5 Å². The van der Waals surface area contributed by atoms with Crippen LogP contribution in [0.1, 0.15) is 19.3 Å². The number of likely N-dealkylation sites (tertiary alicyclic amines) is 2. The maximum Gasteiger partial charge on any atom is 0.242 e. The van der Waals surface area contributed by atoms with E-state index in [1.807, 2.05) is 11.9 Å². The van der Waals surface area contributed by atoms with E-state index in [4.69, 9.17) is 0 Å². The van der Waals surface area contributed by atoms with Gasteiger partial charge in [-0.25, -0.2) is 0 Å². The van der Waals surface area contributed by atoms with Crippen molar-refractivity contribution in [3.63, 3.8) is 0 Å². The maximum absolute atomic E-state index is 11.8. The second-order valence-electron chi connectivity index (χ2n) is 4.03. The van der Waals surface area contributed by atoms with Crippen molar-refractivity contribution in [1.82, 2.24) is 9.80 Å². The van der Waals surface area contributed by atoms with Crippen LogP contribution >= 0.6 is 12.4 Å². The normalized spacial score (nSPS) is 34.3. The summed E-state index contributed by atoms with van der Waals surface area (Å²) in [6.07, 6.45) is 3.27. The van der Waals surface area contributed by atoms with E-state index in [1.165, 1.54) is 6.42 Å². The van der Waals surface area contributed by atoms with Crippen LogP contribution in [0.5, 0.6) is 0 Å². The minimum atomic E-state index is -0.102. The lowest BCUT2D eigenvalue weighted by molar-refractivity contribution is -0.135. The molecule has 0 aliphatic carbocycles. The fourth-order valence-corrected chi connectivity index (χ4v) is 2.52. The van der Waals surface area contributed by atoms with Gasteiger partial charge in [0.1, 0.15) is 5.54 Å². The summed E-state index contributed by atoms with van der Waals surface area (Å²) in [4.78, 5) is 15.9. The smallest absolute Gasteiger partial charge is 0.242 e. The van der Waals surface area contributed by atoms with Crippen LogP contribution in [-0.4, -0.2) is 48.4 Å². The molecule has 2 fully saturated rings. The molecule has 2 heterocycles. The maximum atomic E-state index is 11.8. The largest absolute Gasteiger partial charge is 0.344 e. The molecule has 4 heteroatoms. The first-order chi connectivity index (χ1) is 5.67. The molecule has 0 saturated carbocycles. The molecule has 1 spiro atoms. The Morgan fingerprint density at radius 1 is 1.23 bits per heavy atom. The molecule has 3 nitrogen and oxygen atoms in total. The molecule has 76 valence electrons. The molecule has 0 aromatic rings. The predicted molar refractivity (Wildman–Crippen MR) is 54.1 cm³/mol. The molecule has 0 radical (unpaired) electrons. The zero-order chi connectivity index (χ0) is 8.77. The summed E-state index contributed by atoms with van der Waals surface area (Å²) in [7, 11) is 3.98. The second-order valence-corrected chi connectivity index (χ2v) is 4.03. The van der Waals surface area contributed by atoms with E-state index in [1.54, 1.807) is 0 Å². The third-order valence-electron chi connectivity index (χ3n) is 3.42. The fourth-order valence-electron chi connectivity index (χ4n) is 2.52. The fraction of sp³-hybridized carbons (Fsp3) is 0.889. The summed E-state index contributed by atoms with van der Waals surface area (Å²) in [6.45, 7) is 2.02. The zero-order valence-corrected chi connectivity index (χ0v) is 9.06. The standard InChI is InChI=1S/C9H16N2O.ClH/c1-10-7-5-9(8(10)12)4-3-6-11(9)2;/h3-7H2,1-2H3;1H. The van der Waals surface area contributed by atoms with Gasteiger partial charge in [-0.05, 0) is 32.9 Å². The van der Waals surface area contributed by atoms with Crippen LogP contribution in [0.25, 0.3) is 0 Å². The summed E-state index contributed by atoms with van der Waals surface area (Å²) < 4.78 is 0. The predicted octanol–water partition coefficient (Wildman–Crippen LogP) is 0.735. The van der Waals surface area contributed by atoms with E-state index >= 15 is 0 Å². The summed E-state index contributed by atoms with van der Waals surface area (Å²) in [6, 6.07) is 0. The van der Waals surface area contributed by atoms with Gasteiger partial charge in [0.15, 0.2) is 0 Å². The van der Waals surface area contributed by atoms with Crippen LogP contribution in [0.2, 0.25) is 0 Å². The van der Waals surface area contributed by atoms with Gasteiger partial charge in [0.05, 0.1) is 0 Å². The molecule has 1 unspecified atom stereocenters. The Morgan fingerprint density at radius 2 is 1.92 bits per heavy atom. The quantitative estimate of drug-likeness (QED) is 0.581. The number of rotatable bonds is 0. The molecule has 0 aromatic carbocycles. The van der Waals surface area contributed by atoms with Crippen molar-refractivity contribution >= 4 is 18.3 Å². The molecule has 0 aromatic heterocycles. The highest BCUT2D eigenvalue weighted by Gasteiger charge is 2.50. The van der Waals surface area contributed by atoms with Crippen LogP contribution in [0, 0.1) is 0 Å².